The van der Waals surface area contributed by atoms with Gasteiger partial charge in [-0.05, 0) is 19.1 Å². The molecule has 0 saturated carbocycles. The summed E-state index contributed by atoms with van der Waals surface area (Å²) in [6.45, 7) is 5.23. The molecule has 1 aromatic carbocycles. The standard InChI is InChI=1S/C18H20N4O3/c1-13(23)15-4-3-5-17(10-15)20-18(25)16(11-19)12-21-6-8-22(9-7-21)14(2)24/h3-5,10,12H,6-9H2,1-2H3,(H,20,25)/b16-12-. The number of rotatable bonds is 4. The maximum absolute atomic E-state index is 12.3. The lowest BCUT2D eigenvalue weighted by Gasteiger charge is -2.33. The number of hydrogen-bond acceptors (Lipinski definition) is 5. The fourth-order valence-electron chi connectivity index (χ4n) is 2.50. The van der Waals surface area contributed by atoms with Gasteiger partial charge in [-0.15, -0.1) is 0 Å². The van der Waals surface area contributed by atoms with Crippen LogP contribution in [0.2, 0.25) is 0 Å². The summed E-state index contributed by atoms with van der Waals surface area (Å²) < 4.78 is 0. The fraction of sp³-hybridized carbons (Fsp3) is 0.333. The zero-order valence-corrected chi connectivity index (χ0v) is 14.3. The van der Waals surface area contributed by atoms with Gasteiger partial charge in [0, 0.05) is 50.6 Å². The lowest BCUT2D eigenvalue weighted by Crippen LogP contribution is -2.46. The van der Waals surface area contributed by atoms with Crippen LogP contribution >= 0.6 is 0 Å². The maximum atomic E-state index is 12.3. The molecule has 1 saturated heterocycles. The van der Waals surface area contributed by atoms with Gasteiger partial charge in [0.1, 0.15) is 11.6 Å². The first-order valence-corrected chi connectivity index (χ1v) is 7.94. The highest BCUT2D eigenvalue weighted by Crippen LogP contribution is 2.13. The Balaban J connectivity index is 2.04. The summed E-state index contributed by atoms with van der Waals surface area (Å²) in [6, 6.07) is 8.46. The van der Waals surface area contributed by atoms with Gasteiger partial charge in [0.15, 0.2) is 5.78 Å². The van der Waals surface area contributed by atoms with E-state index in [2.05, 4.69) is 5.32 Å². The van der Waals surface area contributed by atoms with Gasteiger partial charge in [-0.2, -0.15) is 5.26 Å². The molecule has 25 heavy (non-hydrogen) atoms. The molecular weight excluding hydrogens is 320 g/mol. The molecule has 7 heteroatoms. The number of nitrogens with zero attached hydrogens (tertiary/aromatic N) is 3. The van der Waals surface area contributed by atoms with Crippen molar-refractivity contribution < 1.29 is 14.4 Å². The molecule has 7 nitrogen and oxygen atoms in total. The summed E-state index contributed by atoms with van der Waals surface area (Å²) in [6.07, 6.45) is 1.52. The van der Waals surface area contributed by atoms with E-state index in [-0.39, 0.29) is 17.3 Å². The molecule has 0 unspecified atom stereocenters. The second kappa shape index (κ2) is 8.11. The molecule has 0 aliphatic carbocycles. The lowest BCUT2D eigenvalue weighted by molar-refractivity contribution is -0.130. The minimum Gasteiger partial charge on any atom is -0.373 e. The number of nitrogens with one attached hydrogen (secondary N) is 1. The van der Waals surface area contributed by atoms with Gasteiger partial charge in [0.2, 0.25) is 5.91 Å². The average molecular weight is 340 g/mol. The summed E-state index contributed by atoms with van der Waals surface area (Å²) in [5.74, 6) is -0.611. The Morgan fingerprint density at radius 2 is 1.84 bits per heavy atom. The number of hydrogen-bond donors (Lipinski definition) is 1. The van der Waals surface area contributed by atoms with Gasteiger partial charge >= 0.3 is 0 Å². The van der Waals surface area contributed by atoms with Crippen molar-refractivity contribution in [1.29, 1.82) is 5.26 Å². The first kappa shape index (κ1) is 18.2. The molecule has 0 radical (unpaired) electrons. The Hall–Kier alpha value is -3.14. The zero-order valence-electron chi connectivity index (χ0n) is 14.3. The number of Topliss-reactive ketones (excluding diaryl/α,β-unsaturated/α-hetero) is 1. The van der Waals surface area contributed by atoms with Crippen LogP contribution in [0.3, 0.4) is 0 Å². The predicted molar refractivity (Wildman–Crippen MR) is 92.6 cm³/mol. The largest absolute Gasteiger partial charge is 0.373 e. The van der Waals surface area contributed by atoms with Crippen LogP contribution in [0.1, 0.15) is 24.2 Å². The van der Waals surface area contributed by atoms with E-state index < -0.39 is 5.91 Å². The number of nitriles is 1. The van der Waals surface area contributed by atoms with Crippen molar-refractivity contribution >= 4 is 23.3 Å². The Bertz CT molecular complexity index is 756. The second-order valence-electron chi connectivity index (χ2n) is 5.79. The van der Waals surface area contributed by atoms with Crippen LogP contribution in [0, 0.1) is 11.3 Å². The van der Waals surface area contributed by atoms with E-state index in [1.807, 2.05) is 11.0 Å². The Morgan fingerprint density at radius 3 is 2.40 bits per heavy atom. The van der Waals surface area contributed by atoms with E-state index in [0.29, 0.717) is 37.4 Å². The molecule has 0 spiro atoms. The normalized spacial score (nSPS) is 14.7. The van der Waals surface area contributed by atoms with Gasteiger partial charge in [-0.3, -0.25) is 14.4 Å². The third kappa shape index (κ3) is 4.91. The van der Waals surface area contributed by atoms with E-state index in [9.17, 15) is 19.6 Å². The Morgan fingerprint density at radius 1 is 1.16 bits per heavy atom. The van der Waals surface area contributed by atoms with Gasteiger partial charge in [-0.25, -0.2) is 0 Å². The number of carbonyl (C=O) groups excluding carboxylic acids is 3. The Labute approximate surface area is 146 Å². The summed E-state index contributed by atoms with van der Waals surface area (Å²) in [7, 11) is 0. The van der Waals surface area contributed by atoms with Crippen molar-refractivity contribution in [2.45, 2.75) is 13.8 Å². The smallest absolute Gasteiger partial charge is 0.267 e. The van der Waals surface area contributed by atoms with Crippen LogP contribution < -0.4 is 5.32 Å². The van der Waals surface area contributed by atoms with Gasteiger partial charge in [-0.1, -0.05) is 12.1 Å². The van der Waals surface area contributed by atoms with E-state index >= 15 is 0 Å². The molecule has 1 aliphatic heterocycles. The number of ketones is 1. The molecule has 1 N–H and O–H groups in total. The zero-order chi connectivity index (χ0) is 18.4. The quantitative estimate of drug-likeness (QED) is 0.508. The van der Waals surface area contributed by atoms with Gasteiger partial charge in [0.25, 0.3) is 5.91 Å². The SMILES string of the molecule is CC(=O)c1cccc(NC(=O)/C(C#N)=C\N2CCN(C(C)=O)CC2)c1. The lowest BCUT2D eigenvalue weighted by atomic mass is 10.1. The van der Waals surface area contributed by atoms with Gasteiger partial charge < -0.3 is 15.1 Å². The van der Waals surface area contributed by atoms with Crippen LogP contribution in [0.25, 0.3) is 0 Å². The molecule has 1 aromatic rings. The summed E-state index contributed by atoms with van der Waals surface area (Å²) in [5.41, 5.74) is 0.922. The van der Waals surface area contributed by atoms with Gasteiger partial charge in [0.05, 0.1) is 0 Å². The van der Waals surface area contributed by atoms with Crippen LogP contribution in [0.4, 0.5) is 5.69 Å². The van der Waals surface area contributed by atoms with Crippen molar-refractivity contribution in [3.63, 3.8) is 0 Å². The predicted octanol–water partition coefficient (Wildman–Crippen LogP) is 1.40. The summed E-state index contributed by atoms with van der Waals surface area (Å²) in [4.78, 5) is 38.6. The minimum atomic E-state index is -0.530. The van der Waals surface area contributed by atoms with E-state index in [1.54, 1.807) is 29.2 Å². The highest BCUT2D eigenvalue weighted by Gasteiger charge is 2.18. The molecule has 2 amide bonds. The minimum absolute atomic E-state index is 0.0206. The molecule has 0 bridgehead atoms. The van der Waals surface area contributed by atoms with Crippen LogP contribution in [0.15, 0.2) is 36.0 Å². The van der Waals surface area contributed by atoms with E-state index in [1.165, 1.54) is 20.0 Å². The molecular formula is C18H20N4O3. The van der Waals surface area contributed by atoms with Crippen LogP contribution in [-0.4, -0.2) is 53.6 Å². The summed E-state index contributed by atoms with van der Waals surface area (Å²) in [5, 5.41) is 11.9. The molecule has 1 heterocycles. The molecule has 1 aliphatic rings. The monoisotopic (exact) mass is 340 g/mol. The van der Waals surface area contributed by atoms with E-state index in [0.717, 1.165) is 0 Å². The first-order valence-electron chi connectivity index (χ1n) is 7.94. The molecule has 130 valence electrons. The summed E-state index contributed by atoms with van der Waals surface area (Å²) >= 11 is 0. The number of anilines is 1. The van der Waals surface area contributed by atoms with Crippen LogP contribution in [0.5, 0.6) is 0 Å². The molecule has 1 fully saturated rings. The fourth-order valence-corrected chi connectivity index (χ4v) is 2.50. The molecule has 0 atom stereocenters. The first-order chi connectivity index (χ1) is 11.9. The van der Waals surface area contributed by atoms with Crippen molar-refractivity contribution in [3.05, 3.63) is 41.6 Å². The van der Waals surface area contributed by atoms with Crippen molar-refractivity contribution in [3.8, 4) is 6.07 Å². The highest BCUT2D eigenvalue weighted by molar-refractivity contribution is 6.07. The number of amides is 2. The second-order valence-corrected chi connectivity index (χ2v) is 5.79. The van der Waals surface area contributed by atoms with E-state index in [4.69, 9.17) is 0 Å². The van der Waals surface area contributed by atoms with Crippen molar-refractivity contribution in [2.24, 2.45) is 0 Å². The van der Waals surface area contributed by atoms with Crippen molar-refractivity contribution in [1.82, 2.24) is 9.80 Å². The molecule has 0 aromatic heterocycles. The van der Waals surface area contributed by atoms with Crippen molar-refractivity contribution in [2.75, 3.05) is 31.5 Å². The maximum Gasteiger partial charge on any atom is 0.267 e. The molecule has 2 rings (SSSR count). The average Bonchev–Trinajstić information content (AvgIpc) is 2.60. The highest BCUT2D eigenvalue weighted by atomic mass is 16.2. The Kier molecular flexibility index (Phi) is 5.90. The third-order valence-corrected chi connectivity index (χ3v) is 3.96. The van der Waals surface area contributed by atoms with Crippen LogP contribution in [-0.2, 0) is 9.59 Å². The number of carbonyl (C=O) groups is 3. The number of piperazine rings is 1. The topological polar surface area (TPSA) is 93.5 Å². The number of benzene rings is 1. The third-order valence-electron chi connectivity index (χ3n) is 3.96.